The predicted octanol–water partition coefficient (Wildman–Crippen LogP) is 2.12. The van der Waals surface area contributed by atoms with Gasteiger partial charge in [-0.1, -0.05) is 36.2 Å². The van der Waals surface area contributed by atoms with E-state index in [1.165, 1.54) is 24.2 Å². The minimum absolute atomic E-state index is 0.0359. The van der Waals surface area contributed by atoms with Crippen molar-refractivity contribution in [2.45, 2.75) is 50.7 Å². The second-order valence-electron chi connectivity index (χ2n) is 9.46. The van der Waals surface area contributed by atoms with Crippen LogP contribution in [-0.4, -0.2) is 76.3 Å². The zero-order chi connectivity index (χ0) is 29.1. The Kier molecular flexibility index (Phi) is 9.37. The highest BCUT2D eigenvalue weighted by atomic mass is 35.5. The van der Waals surface area contributed by atoms with Gasteiger partial charge in [-0.25, -0.2) is 0 Å². The van der Waals surface area contributed by atoms with Gasteiger partial charge >= 0.3 is 0 Å². The first-order valence-corrected chi connectivity index (χ1v) is 13.5. The van der Waals surface area contributed by atoms with Crippen molar-refractivity contribution in [1.82, 2.24) is 10.2 Å². The number of benzene rings is 2. The summed E-state index contributed by atoms with van der Waals surface area (Å²) in [5, 5.41) is 34.0. The molecule has 0 fully saturated rings. The number of hydrogen-bond donors (Lipinski definition) is 4. The molecule has 0 saturated heterocycles. The Bertz CT molecular complexity index is 1350. The smallest absolute Gasteiger partial charge is 0.290 e. The van der Waals surface area contributed by atoms with Gasteiger partial charge in [0.05, 0.1) is 32.3 Å². The first kappa shape index (κ1) is 29.8. The van der Waals surface area contributed by atoms with Crippen molar-refractivity contribution >= 4 is 40.8 Å². The quantitative estimate of drug-likeness (QED) is 0.307. The zero-order valence-corrected chi connectivity index (χ0v) is 23.4. The molecule has 4 atom stereocenters. The van der Waals surface area contributed by atoms with Crippen molar-refractivity contribution in [3.05, 3.63) is 68.7 Å². The molecule has 0 spiro atoms. The maximum Gasteiger partial charge on any atom is 0.290 e. The van der Waals surface area contributed by atoms with Gasteiger partial charge in [-0.2, -0.15) is 0 Å². The third-order valence-electron chi connectivity index (χ3n) is 7.03. The van der Waals surface area contributed by atoms with E-state index in [1.54, 1.807) is 31.2 Å². The average molecular weight is 593 g/mol. The molecule has 1 aliphatic heterocycles. The van der Waals surface area contributed by atoms with Crippen molar-refractivity contribution in [1.29, 1.82) is 0 Å². The summed E-state index contributed by atoms with van der Waals surface area (Å²) in [6, 6.07) is 6.80. The van der Waals surface area contributed by atoms with Crippen LogP contribution in [0.2, 0.25) is 10.0 Å². The van der Waals surface area contributed by atoms with Crippen LogP contribution in [0.5, 0.6) is 11.5 Å². The Morgan fingerprint density at radius 2 is 1.90 bits per heavy atom. The summed E-state index contributed by atoms with van der Waals surface area (Å²) < 4.78 is 11.6. The van der Waals surface area contributed by atoms with Crippen molar-refractivity contribution in [2.75, 3.05) is 20.3 Å². The number of Topliss-reactive ketones (excluding diaryl/α,β-unsaturated/α-hetero) is 1. The first-order valence-electron chi connectivity index (χ1n) is 12.7. The molecule has 0 unspecified atom stereocenters. The van der Waals surface area contributed by atoms with Crippen LogP contribution in [0.3, 0.4) is 0 Å². The summed E-state index contributed by atoms with van der Waals surface area (Å²) >= 11 is 12.4. The molecule has 12 heteroatoms. The van der Waals surface area contributed by atoms with E-state index in [2.05, 4.69) is 5.32 Å². The second-order valence-corrected chi connectivity index (χ2v) is 10.3. The SMILES string of the molecule is CCC(=O)C(=O)N(Cc1ccc(Cl)cc1Cl)[C@@H]1C=C(C(=O)NCCO)[C@@H]2c3cc(CO)cc(OC)c3O[C@@H]2[C@H]1O. The number of hydrogen-bond acceptors (Lipinski definition) is 8. The van der Waals surface area contributed by atoms with Crippen LogP contribution in [0, 0.1) is 0 Å². The van der Waals surface area contributed by atoms with E-state index >= 15 is 0 Å². The largest absolute Gasteiger partial charge is 0.493 e. The molecule has 0 bridgehead atoms. The number of aliphatic hydroxyl groups excluding tert-OH is 3. The summed E-state index contributed by atoms with van der Waals surface area (Å²) in [5.41, 5.74) is 1.66. The van der Waals surface area contributed by atoms with Crippen molar-refractivity contribution in [3.8, 4) is 11.5 Å². The van der Waals surface area contributed by atoms with Gasteiger partial charge < -0.3 is 35.0 Å². The van der Waals surface area contributed by atoms with Crippen molar-refractivity contribution in [3.63, 3.8) is 0 Å². The Balaban J connectivity index is 1.85. The molecule has 40 heavy (non-hydrogen) atoms. The Hall–Kier alpha value is -3.15. The standard InChI is InChI=1S/C28H30Cl2N2O8/c1-3-21(35)28(38)32(12-15-4-5-16(29)10-19(15)30)20-11-18(27(37)31-6-7-33)23-17-8-14(13-34)9-22(39-2)25(17)40-26(23)24(20)36/h4-5,8-11,20,23-24,26,33-34,36H,3,6-7,12-13H2,1-2H3,(H,31,37)/t20-,23+,24+,26+/m1/s1. The maximum absolute atomic E-state index is 13.4. The molecule has 10 nitrogen and oxygen atoms in total. The Labute approximate surface area is 241 Å². The number of halogens is 2. The lowest BCUT2D eigenvalue weighted by atomic mass is 9.77. The summed E-state index contributed by atoms with van der Waals surface area (Å²) in [6.07, 6.45) is -1.06. The minimum Gasteiger partial charge on any atom is -0.493 e. The van der Waals surface area contributed by atoms with Crippen LogP contribution in [0.25, 0.3) is 0 Å². The number of rotatable bonds is 10. The van der Waals surface area contributed by atoms with Gasteiger partial charge in [0.15, 0.2) is 11.5 Å². The number of nitrogens with one attached hydrogen (secondary N) is 1. The number of nitrogens with zero attached hydrogens (tertiary/aromatic N) is 1. The average Bonchev–Trinajstić information content (AvgIpc) is 3.34. The number of ketones is 1. The molecule has 2 aromatic rings. The van der Waals surface area contributed by atoms with E-state index < -0.39 is 41.8 Å². The number of amides is 2. The van der Waals surface area contributed by atoms with Crippen LogP contribution in [0.15, 0.2) is 42.0 Å². The lowest BCUT2D eigenvalue weighted by molar-refractivity contribution is -0.148. The van der Waals surface area contributed by atoms with E-state index in [0.717, 1.165) is 0 Å². The van der Waals surface area contributed by atoms with Gasteiger partial charge in [-0.3, -0.25) is 14.4 Å². The third-order valence-corrected chi connectivity index (χ3v) is 7.62. The number of carbonyl (C=O) groups excluding carboxylic acids is 3. The van der Waals surface area contributed by atoms with E-state index in [0.29, 0.717) is 33.2 Å². The predicted molar refractivity (Wildman–Crippen MR) is 146 cm³/mol. The topological polar surface area (TPSA) is 146 Å². The number of aliphatic hydroxyl groups is 3. The van der Waals surface area contributed by atoms with Crippen LogP contribution in [0.1, 0.15) is 36.0 Å². The number of methoxy groups -OCH3 is 1. The normalized spacial score (nSPS) is 21.0. The lowest BCUT2D eigenvalue weighted by Crippen LogP contribution is -2.56. The van der Waals surface area contributed by atoms with Crippen LogP contribution < -0.4 is 14.8 Å². The van der Waals surface area contributed by atoms with Gasteiger partial charge in [0.25, 0.3) is 5.91 Å². The van der Waals surface area contributed by atoms with E-state index in [4.69, 9.17) is 32.7 Å². The van der Waals surface area contributed by atoms with E-state index in [-0.39, 0.29) is 43.3 Å². The molecule has 0 saturated carbocycles. The van der Waals surface area contributed by atoms with Crippen molar-refractivity contribution in [2.24, 2.45) is 0 Å². The van der Waals surface area contributed by atoms with Crippen LogP contribution in [-0.2, 0) is 27.5 Å². The molecular weight excluding hydrogens is 563 g/mol. The summed E-state index contributed by atoms with van der Waals surface area (Å²) in [5.74, 6) is -2.31. The van der Waals surface area contributed by atoms with Gasteiger partial charge in [0.2, 0.25) is 11.7 Å². The number of fused-ring (bicyclic) bond motifs is 3. The lowest BCUT2D eigenvalue weighted by Gasteiger charge is -2.40. The van der Waals surface area contributed by atoms with Gasteiger partial charge in [-0.05, 0) is 41.5 Å². The molecule has 2 aliphatic rings. The van der Waals surface area contributed by atoms with E-state index in [1.807, 2.05) is 0 Å². The molecule has 4 rings (SSSR count). The van der Waals surface area contributed by atoms with Crippen molar-refractivity contribution < 1.29 is 39.2 Å². The molecule has 4 N–H and O–H groups in total. The van der Waals surface area contributed by atoms with E-state index in [9.17, 15) is 29.7 Å². The van der Waals surface area contributed by atoms with Crippen LogP contribution >= 0.6 is 23.2 Å². The van der Waals surface area contributed by atoms with Gasteiger partial charge in [0, 0.05) is 40.7 Å². The molecule has 1 heterocycles. The second kappa shape index (κ2) is 12.6. The highest BCUT2D eigenvalue weighted by Crippen LogP contribution is 2.51. The highest BCUT2D eigenvalue weighted by molar-refractivity contribution is 6.36. The maximum atomic E-state index is 13.4. The fraction of sp³-hybridized carbons (Fsp3) is 0.393. The highest BCUT2D eigenvalue weighted by Gasteiger charge is 2.51. The first-order chi connectivity index (χ1) is 19.1. The number of ether oxygens (including phenoxy) is 2. The van der Waals surface area contributed by atoms with Gasteiger partial charge in [0.1, 0.15) is 12.2 Å². The zero-order valence-electron chi connectivity index (χ0n) is 21.9. The molecular formula is C28H30Cl2N2O8. The summed E-state index contributed by atoms with van der Waals surface area (Å²) in [4.78, 5) is 40.6. The fourth-order valence-electron chi connectivity index (χ4n) is 5.08. The molecule has 2 aromatic carbocycles. The molecule has 0 aromatic heterocycles. The van der Waals surface area contributed by atoms with Gasteiger partial charge in [-0.15, -0.1) is 0 Å². The monoisotopic (exact) mass is 592 g/mol. The molecule has 0 radical (unpaired) electrons. The molecule has 214 valence electrons. The molecule has 1 aliphatic carbocycles. The Morgan fingerprint density at radius 1 is 1.15 bits per heavy atom. The van der Waals surface area contributed by atoms with Crippen LogP contribution in [0.4, 0.5) is 0 Å². The third kappa shape index (κ3) is 5.68. The minimum atomic E-state index is -1.38. The Morgan fingerprint density at radius 3 is 2.52 bits per heavy atom. The molecule has 2 amide bonds. The fourth-order valence-corrected chi connectivity index (χ4v) is 5.54. The number of carbonyl (C=O) groups is 3. The summed E-state index contributed by atoms with van der Waals surface area (Å²) in [7, 11) is 1.43. The summed E-state index contributed by atoms with van der Waals surface area (Å²) in [6.45, 7) is 0.746.